The van der Waals surface area contributed by atoms with E-state index in [4.69, 9.17) is 0 Å². The Labute approximate surface area is 191 Å². The van der Waals surface area contributed by atoms with E-state index in [2.05, 4.69) is 149 Å². The standard InChI is InChI=1S/C24H22I2Si/c1-27(2,3)17-16-18-4-6-19(7-5-18)24(20-8-12-22(25)13-9-20)21-10-14-23(26)15-11-21/h4-15,24H,1-3H3. The van der Waals surface area contributed by atoms with E-state index in [1.54, 1.807) is 0 Å². The predicted octanol–water partition coefficient (Wildman–Crippen LogP) is 7.30. The van der Waals surface area contributed by atoms with E-state index in [0.29, 0.717) is 0 Å². The quantitative estimate of drug-likeness (QED) is 0.130. The summed E-state index contributed by atoms with van der Waals surface area (Å²) in [6, 6.07) is 26.5. The van der Waals surface area contributed by atoms with Gasteiger partial charge in [0.1, 0.15) is 8.07 Å². The average molecular weight is 592 g/mol. The van der Waals surface area contributed by atoms with Crippen molar-refractivity contribution in [1.29, 1.82) is 0 Å². The van der Waals surface area contributed by atoms with Gasteiger partial charge in [-0.2, -0.15) is 0 Å². The van der Waals surface area contributed by atoms with E-state index in [1.165, 1.54) is 23.8 Å². The first kappa shape index (κ1) is 20.6. The van der Waals surface area contributed by atoms with Crippen LogP contribution in [-0.4, -0.2) is 8.07 Å². The maximum absolute atomic E-state index is 3.45. The largest absolute Gasteiger partial charge is 0.129 e. The normalized spacial score (nSPS) is 11.2. The van der Waals surface area contributed by atoms with Crippen molar-refractivity contribution < 1.29 is 0 Å². The molecule has 0 aromatic heterocycles. The SMILES string of the molecule is C[Si](C)(C)C#Cc1ccc(C(c2ccc(I)cc2)c2ccc(I)cc2)cc1. The number of hydrogen-bond acceptors (Lipinski definition) is 0. The Kier molecular flexibility index (Phi) is 6.82. The fraction of sp³-hybridized carbons (Fsp3) is 0.167. The van der Waals surface area contributed by atoms with Crippen LogP contribution in [0.25, 0.3) is 0 Å². The fourth-order valence-corrected chi connectivity index (χ4v) is 4.14. The molecule has 0 fully saturated rings. The minimum atomic E-state index is -1.35. The molecule has 0 amide bonds. The predicted molar refractivity (Wildman–Crippen MR) is 136 cm³/mol. The van der Waals surface area contributed by atoms with Crippen molar-refractivity contribution in [2.45, 2.75) is 25.6 Å². The second-order valence-corrected chi connectivity index (χ2v) is 14.9. The Morgan fingerprint density at radius 1 is 0.630 bits per heavy atom. The summed E-state index contributed by atoms with van der Waals surface area (Å²) >= 11 is 4.72. The van der Waals surface area contributed by atoms with Crippen LogP contribution >= 0.6 is 45.2 Å². The van der Waals surface area contributed by atoms with Crippen molar-refractivity contribution in [3.63, 3.8) is 0 Å². The zero-order chi connectivity index (χ0) is 19.4. The van der Waals surface area contributed by atoms with E-state index in [9.17, 15) is 0 Å². The topological polar surface area (TPSA) is 0 Å². The van der Waals surface area contributed by atoms with Crippen LogP contribution in [-0.2, 0) is 0 Å². The Bertz CT molecular complexity index is 909. The van der Waals surface area contributed by atoms with Gasteiger partial charge < -0.3 is 0 Å². The van der Waals surface area contributed by atoms with Crippen molar-refractivity contribution in [2.75, 3.05) is 0 Å². The summed E-state index contributed by atoms with van der Waals surface area (Å²) in [5.74, 6) is 3.59. The third kappa shape index (κ3) is 5.93. The average Bonchev–Trinajstić information content (AvgIpc) is 2.64. The summed E-state index contributed by atoms with van der Waals surface area (Å²) < 4.78 is 2.52. The Hall–Kier alpha value is -1.10. The van der Waals surface area contributed by atoms with Crippen LogP contribution in [0.2, 0.25) is 19.6 Å². The van der Waals surface area contributed by atoms with Gasteiger partial charge in [-0.25, -0.2) is 0 Å². The molecule has 0 aliphatic rings. The van der Waals surface area contributed by atoms with Crippen LogP contribution in [0.3, 0.4) is 0 Å². The lowest BCUT2D eigenvalue weighted by molar-refractivity contribution is 0.975. The lowest BCUT2D eigenvalue weighted by Gasteiger charge is -2.19. The molecule has 0 heterocycles. The summed E-state index contributed by atoms with van der Waals surface area (Å²) in [6.45, 7) is 6.83. The molecule has 0 atom stereocenters. The molecule has 3 aromatic rings. The molecule has 27 heavy (non-hydrogen) atoms. The molecule has 0 aliphatic heterocycles. The number of hydrogen-bond donors (Lipinski definition) is 0. The van der Waals surface area contributed by atoms with Crippen LogP contribution in [0.5, 0.6) is 0 Å². The molecule has 0 radical (unpaired) electrons. The third-order valence-electron chi connectivity index (χ3n) is 4.23. The van der Waals surface area contributed by atoms with Crippen molar-refractivity contribution in [3.8, 4) is 11.5 Å². The molecule has 0 nitrogen and oxygen atoms in total. The van der Waals surface area contributed by atoms with Crippen LogP contribution in [0.15, 0.2) is 72.8 Å². The minimum absolute atomic E-state index is 0.234. The highest BCUT2D eigenvalue weighted by Gasteiger charge is 2.17. The van der Waals surface area contributed by atoms with E-state index in [1.807, 2.05) is 0 Å². The zero-order valence-corrected chi connectivity index (χ0v) is 21.1. The summed E-state index contributed by atoms with van der Waals surface area (Å²) in [5, 5.41) is 0. The van der Waals surface area contributed by atoms with Gasteiger partial charge >= 0.3 is 0 Å². The van der Waals surface area contributed by atoms with Gasteiger partial charge in [0.05, 0.1) is 0 Å². The van der Waals surface area contributed by atoms with Crippen LogP contribution < -0.4 is 0 Å². The van der Waals surface area contributed by atoms with Gasteiger partial charge in [0, 0.05) is 18.6 Å². The van der Waals surface area contributed by atoms with Gasteiger partial charge in [-0.1, -0.05) is 62.0 Å². The molecule has 0 unspecified atom stereocenters. The Morgan fingerprint density at radius 3 is 1.37 bits per heavy atom. The van der Waals surface area contributed by atoms with E-state index >= 15 is 0 Å². The van der Waals surface area contributed by atoms with Gasteiger partial charge in [-0.3, -0.25) is 0 Å². The van der Waals surface area contributed by atoms with Crippen molar-refractivity contribution in [1.82, 2.24) is 0 Å². The summed E-state index contributed by atoms with van der Waals surface area (Å²) in [4.78, 5) is 0. The van der Waals surface area contributed by atoms with Gasteiger partial charge in [0.15, 0.2) is 0 Å². The van der Waals surface area contributed by atoms with Crippen LogP contribution in [0.4, 0.5) is 0 Å². The Morgan fingerprint density at radius 2 is 1.00 bits per heavy atom. The van der Waals surface area contributed by atoms with Gasteiger partial charge in [0.2, 0.25) is 0 Å². The van der Waals surface area contributed by atoms with E-state index in [0.717, 1.165) is 5.56 Å². The van der Waals surface area contributed by atoms with Crippen molar-refractivity contribution in [3.05, 3.63) is 102 Å². The molecule has 0 bridgehead atoms. The molecule has 0 aliphatic carbocycles. The molecule has 0 spiro atoms. The summed E-state index contributed by atoms with van der Waals surface area (Å²) in [7, 11) is -1.35. The molecule has 0 N–H and O–H groups in total. The number of rotatable bonds is 3. The lowest BCUT2D eigenvalue weighted by atomic mass is 9.85. The van der Waals surface area contributed by atoms with Crippen molar-refractivity contribution >= 4 is 53.3 Å². The smallest absolute Gasteiger partial charge is 0.127 e. The first-order valence-electron chi connectivity index (χ1n) is 8.96. The zero-order valence-electron chi connectivity index (χ0n) is 15.8. The van der Waals surface area contributed by atoms with Gasteiger partial charge in [0.25, 0.3) is 0 Å². The minimum Gasteiger partial charge on any atom is -0.127 e. The molecule has 0 saturated carbocycles. The summed E-state index contributed by atoms with van der Waals surface area (Å²) in [6.07, 6.45) is 0. The van der Waals surface area contributed by atoms with E-state index < -0.39 is 8.07 Å². The second kappa shape index (κ2) is 8.93. The van der Waals surface area contributed by atoms with E-state index in [-0.39, 0.29) is 5.92 Å². The summed E-state index contributed by atoms with van der Waals surface area (Å²) in [5.41, 5.74) is 8.49. The maximum atomic E-state index is 3.45. The lowest BCUT2D eigenvalue weighted by Crippen LogP contribution is -2.16. The maximum Gasteiger partial charge on any atom is 0.129 e. The highest BCUT2D eigenvalue weighted by atomic mass is 127. The molecular formula is C24H22I2Si. The first-order valence-corrected chi connectivity index (χ1v) is 14.6. The molecule has 3 aromatic carbocycles. The molecule has 0 saturated heterocycles. The van der Waals surface area contributed by atoms with Crippen molar-refractivity contribution in [2.24, 2.45) is 0 Å². The fourth-order valence-electron chi connectivity index (χ4n) is 2.91. The highest BCUT2D eigenvalue weighted by Crippen LogP contribution is 2.32. The number of halogens is 2. The van der Waals surface area contributed by atoms with Crippen LogP contribution in [0, 0.1) is 18.6 Å². The number of benzene rings is 3. The molecule has 3 rings (SSSR count). The molecular weight excluding hydrogens is 570 g/mol. The highest BCUT2D eigenvalue weighted by molar-refractivity contribution is 14.1. The molecule has 136 valence electrons. The third-order valence-corrected chi connectivity index (χ3v) is 6.55. The monoisotopic (exact) mass is 592 g/mol. The molecule has 3 heteroatoms. The van der Waals surface area contributed by atoms with Gasteiger partial charge in [-0.15, -0.1) is 5.54 Å². The second-order valence-electron chi connectivity index (χ2n) is 7.66. The Balaban J connectivity index is 2.01. The van der Waals surface area contributed by atoms with Crippen LogP contribution in [0.1, 0.15) is 28.2 Å². The first-order chi connectivity index (χ1) is 12.8. The van der Waals surface area contributed by atoms with Gasteiger partial charge in [-0.05, 0) is 98.3 Å².